The Balaban J connectivity index is 2.35. The number of hydrogen-bond donors (Lipinski definition) is 1. The predicted octanol–water partition coefficient (Wildman–Crippen LogP) is 3.14. The summed E-state index contributed by atoms with van der Waals surface area (Å²) in [5.41, 5.74) is -0.419. The smallest absolute Gasteiger partial charge is 0.207 e. The zero-order valence-corrected chi connectivity index (χ0v) is 11.8. The van der Waals surface area contributed by atoms with Crippen LogP contribution >= 0.6 is 0 Å². The molecule has 112 valence electrons. The van der Waals surface area contributed by atoms with Gasteiger partial charge in [0.2, 0.25) is 10.0 Å². The van der Waals surface area contributed by atoms with Crippen molar-refractivity contribution in [3.05, 3.63) is 65.5 Å². The largest absolute Gasteiger partial charge is 0.244 e. The van der Waals surface area contributed by atoms with E-state index in [9.17, 15) is 21.6 Å². The van der Waals surface area contributed by atoms with Gasteiger partial charge in [-0.1, -0.05) is 18.2 Å². The van der Waals surface area contributed by atoms with Crippen LogP contribution in [-0.2, 0) is 10.0 Å². The lowest BCUT2D eigenvalue weighted by atomic mass is 10.1. The zero-order chi connectivity index (χ0) is 15.6. The van der Waals surface area contributed by atoms with Crippen LogP contribution in [0.3, 0.4) is 0 Å². The highest BCUT2D eigenvalue weighted by Crippen LogP contribution is 2.23. The molecule has 7 heteroatoms. The summed E-state index contributed by atoms with van der Waals surface area (Å²) in [5, 5.41) is 0. The fourth-order valence-corrected chi connectivity index (χ4v) is 3.23. The van der Waals surface area contributed by atoms with Gasteiger partial charge in [-0.3, -0.25) is 0 Å². The summed E-state index contributed by atoms with van der Waals surface area (Å²) >= 11 is 0. The highest BCUT2D eigenvalue weighted by molar-refractivity contribution is 7.89. The molecule has 1 atom stereocenters. The molecule has 0 saturated carbocycles. The monoisotopic (exact) mass is 315 g/mol. The molecule has 21 heavy (non-hydrogen) atoms. The van der Waals surface area contributed by atoms with E-state index in [0.717, 1.165) is 24.3 Å². The molecule has 0 bridgehead atoms. The van der Waals surface area contributed by atoms with Gasteiger partial charge in [0.15, 0.2) is 0 Å². The zero-order valence-electron chi connectivity index (χ0n) is 11.0. The topological polar surface area (TPSA) is 46.2 Å². The number of nitrogens with one attached hydrogen (secondary N) is 1. The van der Waals surface area contributed by atoms with Crippen LogP contribution in [-0.4, -0.2) is 8.42 Å². The highest BCUT2D eigenvalue weighted by atomic mass is 32.2. The van der Waals surface area contributed by atoms with Crippen molar-refractivity contribution >= 4 is 10.0 Å². The van der Waals surface area contributed by atoms with Crippen LogP contribution in [0.1, 0.15) is 18.5 Å². The van der Waals surface area contributed by atoms with Crippen LogP contribution in [0.15, 0.2) is 47.4 Å². The van der Waals surface area contributed by atoms with Gasteiger partial charge in [-0.25, -0.2) is 26.3 Å². The van der Waals surface area contributed by atoms with E-state index in [4.69, 9.17) is 0 Å². The lowest BCUT2D eigenvalue weighted by Crippen LogP contribution is -2.28. The number of sulfonamides is 1. The molecule has 0 radical (unpaired) electrons. The van der Waals surface area contributed by atoms with E-state index in [1.807, 2.05) is 0 Å². The first-order valence-electron chi connectivity index (χ1n) is 6.03. The summed E-state index contributed by atoms with van der Waals surface area (Å²) in [7, 11) is -4.23. The van der Waals surface area contributed by atoms with Crippen molar-refractivity contribution in [3.8, 4) is 0 Å². The highest BCUT2D eigenvalue weighted by Gasteiger charge is 2.24. The van der Waals surface area contributed by atoms with Gasteiger partial charge in [-0.2, -0.15) is 0 Å². The molecule has 3 nitrogen and oxygen atoms in total. The minimum atomic E-state index is -4.23. The molecular formula is C14H12F3NO2S. The Morgan fingerprint density at radius 3 is 2.00 bits per heavy atom. The maximum Gasteiger partial charge on any atom is 0.244 e. The van der Waals surface area contributed by atoms with Crippen LogP contribution in [0, 0.1) is 17.5 Å². The van der Waals surface area contributed by atoms with E-state index in [2.05, 4.69) is 4.72 Å². The molecule has 0 aliphatic carbocycles. The number of halogens is 3. The second kappa shape index (κ2) is 5.87. The van der Waals surface area contributed by atoms with Crippen LogP contribution in [0.5, 0.6) is 0 Å². The first-order chi connectivity index (χ1) is 9.83. The van der Waals surface area contributed by atoms with Crippen LogP contribution in [0.2, 0.25) is 0 Å². The fourth-order valence-electron chi connectivity index (χ4n) is 1.94. The third kappa shape index (κ3) is 3.25. The maximum absolute atomic E-state index is 13.6. The molecule has 0 saturated heterocycles. The second-order valence-electron chi connectivity index (χ2n) is 4.41. The first kappa shape index (κ1) is 15.5. The third-order valence-corrected chi connectivity index (χ3v) is 4.46. The summed E-state index contributed by atoms with van der Waals surface area (Å²) in [6, 6.07) is 6.78. The minimum absolute atomic E-state index is 0.419. The van der Waals surface area contributed by atoms with Crippen molar-refractivity contribution in [2.24, 2.45) is 0 Å². The predicted molar refractivity (Wildman–Crippen MR) is 71.5 cm³/mol. The Morgan fingerprint density at radius 1 is 0.905 bits per heavy atom. The molecule has 0 heterocycles. The molecule has 0 aliphatic rings. The molecule has 1 unspecified atom stereocenters. The van der Waals surface area contributed by atoms with Crippen molar-refractivity contribution < 1.29 is 21.6 Å². The fraction of sp³-hybridized carbons (Fsp3) is 0.143. The van der Waals surface area contributed by atoms with E-state index in [1.165, 1.54) is 25.1 Å². The van der Waals surface area contributed by atoms with E-state index in [0.29, 0.717) is 0 Å². The quantitative estimate of drug-likeness (QED) is 0.942. The molecule has 2 aromatic rings. The van der Waals surface area contributed by atoms with E-state index in [-0.39, 0.29) is 0 Å². The Bertz CT molecular complexity index is 742. The van der Waals surface area contributed by atoms with Crippen LogP contribution < -0.4 is 4.72 Å². The summed E-state index contributed by atoms with van der Waals surface area (Å²) in [5.74, 6) is -2.69. The van der Waals surface area contributed by atoms with Gasteiger partial charge in [0.25, 0.3) is 0 Å². The summed E-state index contributed by atoms with van der Waals surface area (Å²) in [6.07, 6.45) is 0. The molecule has 1 N–H and O–H groups in total. The van der Waals surface area contributed by atoms with Gasteiger partial charge in [-0.15, -0.1) is 0 Å². The molecular weight excluding hydrogens is 303 g/mol. The molecule has 2 aromatic carbocycles. The van der Waals surface area contributed by atoms with Gasteiger partial charge < -0.3 is 0 Å². The lowest BCUT2D eigenvalue weighted by molar-refractivity contribution is 0.511. The normalized spacial score (nSPS) is 13.1. The van der Waals surface area contributed by atoms with Crippen molar-refractivity contribution in [2.75, 3.05) is 0 Å². The third-order valence-electron chi connectivity index (χ3n) is 2.89. The summed E-state index contributed by atoms with van der Waals surface area (Å²) < 4.78 is 66.9. The van der Waals surface area contributed by atoms with Crippen molar-refractivity contribution in [3.63, 3.8) is 0 Å². The molecule has 0 amide bonds. The number of benzene rings is 2. The summed E-state index contributed by atoms with van der Waals surface area (Å²) in [6.45, 7) is 1.28. The van der Waals surface area contributed by atoms with Gasteiger partial charge in [-0.05, 0) is 31.2 Å². The average Bonchev–Trinajstić information content (AvgIpc) is 2.38. The standard InChI is InChI=1S/C14H12F3NO2S/c1-9(14-11(16)6-4-7-12(14)17)18-21(19,20)13-8-3-2-5-10(13)15/h2-9,18H,1H3. The lowest BCUT2D eigenvalue weighted by Gasteiger charge is -2.16. The Hall–Kier alpha value is -1.86. The minimum Gasteiger partial charge on any atom is -0.207 e. The van der Waals surface area contributed by atoms with Gasteiger partial charge in [0, 0.05) is 11.6 Å². The average molecular weight is 315 g/mol. The molecule has 0 aliphatic heterocycles. The molecule has 0 fully saturated rings. The van der Waals surface area contributed by atoms with E-state index < -0.39 is 44.0 Å². The van der Waals surface area contributed by atoms with E-state index in [1.54, 1.807) is 0 Å². The SMILES string of the molecule is CC(NS(=O)(=O)c1ccccc1F)c1c(F)cccc1F. The van der Waals surface area contributed by atoms with Crippen molar-refractivity contribution in [1.82, 2.24) is 4.72 Å². The van der Waals surface area contributed by atoms with E-state index >= 15 is 0 Å². The molecule has 2 rings (SSSR count). The Morgan fingerprint density at radius 2 is 1.43 bits per heavy atom. The van der Waals surface area contributed by atoms with Crippen molar-refractivity contribution in [1.29, 1.82) is 0 Å². The van der Waals surface area contributed by atoms with Gasteiger partial charge >= 0.3 is 0 Å². The van der Waals surface area contributed by atoms with Crippen molar-refractivity contribution in [2.45, 2.75) is 17.9 Å². The van der Waals surface area contributed by atoms with Crippen LogP contribution in [0.4, 0.5) is 13.2 Å². The summed E-state index contributed by atoms with van der Waals surface area (Å²) in [4.78, 5) is -0.575. The Labute approximate surface area is 120 Å². The molecule has 0 spiro atoms. The number of hydrogen-bond acceptors (Lipinski definition) is 2. The Kier molecular flexibility index (Phi) is 4.34. The van der Waals surface area contributed by atoms with Crippen LogP contribution in [0.25, 0.3) is 0 Å². The maximum atomic E-state index is 13.6. The second-order valence-corrected chi connectivity index (χ2v) is 6.09. The molecule has 0 aromatic heterocycles. The number of rotatable bonds is 4. The van der Waals surface area contributed by atoms with Gasteiger partial charge in [0.05, 0.1) is 0 Å². The first-order valence-corrected chi connectivity index (χ1v) is 7.52. The van der Waals surface area contributed by atoms with Gasteiger partial charge in [0.1, 0.15) is 22.3 Å².